The number of rotatable bonds is 8. The van der Waals surface area contributed by atoms with Gasteiger partial charge in [0.15, 0.2) is 0 Å². The summed E-state index contributed by atoms with van der Waals surface area (Å²) in [5.41, 5.74) is 2.72. The first-order valence-corrected chi connectivity index (χ1v) is 12.1. The number of methoxy groups -OCH3 is 1. The van der Waals surface area contributed by atoms with Gasteiger partial charge < -0.3 is 19.7 Å². The highest BCUT2D eigenvalue weighted by Crippen LogP contribution is 2.30. The number of aromatic nitrogens is 1. The van der Waals surface area contributed by atoms with Crippen molar-refractivity contribution in [1.82, 2.24) is 9.88 Å². The highest BCUT2D eigenvalue weighted by Gasteiger charge is 2.25. The fourth-order valence-electron chi connectivity index (χ4n) is 4.36. The van der Waals surface area contributed by atoms with E-state index < -0.39 is 6.61 Å². The lowest BCUT2D eigenvalue weighted by molar-refractivity contribution is -0.115. The molecule has 0 atom stereocenters. The van der Waals surface area contributed by atoms with E-state index in [4.69, 9.17) is 16.3 Å². The van der Waals surface area contributed by atoms with Crippen LogP contribution in [0.4, 0.5) is 14.5 Å². The molecule has 2 heterocycles. The molecule has 7 nitrogen and oxygen atoms in total. The number of nitrogens with zero attached hydrogens (tertiary/aromatic N) is 2. The van der Waals surface area contributed by atoms with Crippen molar-refractivity contribution in [2.75, 3.05) is 25.5 Å². The number of alkyl halides is 2. The van der Waals surface area contributed by atoms with Gasteiger partial charge in [-0.2, -0.15) is 8.78 Å². The Morgan fingerprint density at radius 3 is 2.46 bits per heavy atom. The molecule has 194 valence electrons. The number of amides is 2. The standard InChI is InChI=1S/C27H26ClF2N3O4/c1-36-24-9-4-20(28)14-19(24)15-25(34)32-21-5-2-17(3-6-21)18-10-12-33(13-11-18)26(35)23-8-7-22(16-31-23)37-27(29)30/h2-9,14,16,18,27H,10-13,15H2,1H3,(H,32,34). The van der Waals surface area contributed by atoms with Crippen LogP contribution in [0.2, 0.25) is 5.02 Å². The summed E-state index contributed by atoms with van der Waals surface area (Å²) in [4.78, 5) is 30.9. The van der Waals surface area contributed by atoms with Crippen molar-refractivity contribution in [3.05, 3.63) is 82.6 Å². The Morgan fingerprint density at radius 1 is 1.11 bits per heavy atom. The molecule has 0 unspecified atom stereocenters. The van der Waals surface area contributed by atoms with Crippen molar-refractivity contribution in [2.45, 2.75) is 31.8 Å². The number of piperidine rings is 1. The second-order valence-corrected chi connectivity index (χ2v) is 9.06. The van der Waals surface area contributed by atoms with Crippen LogP contribution in [0.15, 0.2) is 60.8 Å². The van der Waals surface area contributed by atoms with Crippen LogP contribution in [0.25, 0.3) is 0 Å². The van der Waals surface area contributed by atoms with E-state index in [-0.39, 0.29) is 35.6 Å². The zero-order valence-corrected chi connectivity index (χ0v) is 20.9. The van der Waals surface area contributed by atoms with Crippen LogP contribution in [0.3, 0.4) is 0 Å². The van der Waals surface area contributed by atoms with Crippen LogP contribution in [0.5, 0.6) is 11.5 Å². The average Bonchev–Trinajstić information content (AvgIpc) is 2.89. The van der Waals surface area contributed by atoms with Gasteiger partial charge in [-0.05, 0) is 66.8 Å². The van der Waals surface area contributed by atoms with E-state index in [1.165, 1.54) is 12.1 Å². The molecule has 3 aromatic rings. The molecule has 1 fully saturated rings. The predicted octanol–water partition coefficient (Wildman–Crippen LogP) is 5.55. The average molecular weight is 530 g/mol. The number of benzene rings is 2. The van der Waals surface area contributed by atoms with E-state index in [0.29, 0.717) is 35.1 Å². The highest BCUT2D eigenvalue weighted by molar-refractivity contribution is 6.30. The third-order valence-electron chi connectivity index (χ3n) is 6.22. The molecule has 37 heavy (non-hydrogen) atoms. The third kappa shape index (κ3) is 6.95. The maximum Gasteiger partial charge on any atom is 0.387 e. The Balaban J connectivity index is 1.29. The van der Waals surface area contributed by atoms with E-state index in [1.54, 1.807) is 30.2 Å². The first-order valence-electron chi connectivity index (χ1n) is 11.7. The number of hydrogen-bond acceptors (Lipinski definition) is 5. The normalized spacial score (nSPS) is 13.9. The van der Waals surface area contributed by atoms with Crippen molar-refractivity contribution in [3.63, 3.8) is 0 Å². The number of likely N-dealkylation sites (tertiary alicyclic amines) is 1. The minimum Gasteiger partial charge on any atom is -0.496 e. The second-order valence-electron chi connectivity index (χ2n) is 8.63. The van der Waals surface area contributed by atoms with Gasteiger partial charge in [-0.25, -0.2) is 4.98 Å². The topological polar surface area (TPSA) is 80.8 Å². The summed E-state index contributed by atoms with van der Waals surface area (Å²) in [5.74, 6) is 0.376. The van der Waals surface area contributed by atoms with Crippen LogP contribution in [0.1, 0.15) is 40.4 Å². The molecule has 2 aromatic carbocycles. The van der Waals surface area contributed by atoms with Crippen molar-refractivity contribution < 1.29 is 27.8 Å². The molecule has 1 aliphatic rings. The molecule has 0 bridgehead atoms. The van der Waals surface area contributed by atoms with E-state index >= 15 is 0 Å². The molecule has 1 N–H and O–H groups in total. The fraction of sp³-hybridized carbons (Fsp3) is 0.296. The minimum absolute atomic E-state index is 0.0888. The summed E-state index contributed by atoms with van der Waals surface area (Å²) < 4.78 is 34.2. The summed E-state index contributed by atoms with van der Waals surface area (Å²) >= 11 is 6.05. The molecule has 1 saturated heterocycles. The van der Waals surface area contributed by atoms with Crippen LogP contribution in [0, 0.1) is 0 Å². The molecule has 2 amide bonds. The zero-order chi connectivity index (χ0) is 26.4. The van der Waals surface area contributed by atoms with Crippen molar-refractivity contribution in [1.29, 1.82) is 0 Å². The number of carbonyl (C=O) groups is 2. The maximum atomic E-state index is 12.7. The number of carbonyl (C=O) groups excluding carboxylic acids is 2. The molecule has 1 aromatic heterocycles. The van der Waals surface area contributed by atoms with Crippen molar-refractivity contribution >= 4 is 29.1 Å². The van der Waals surface area contributed by atoms with Gasteiger partial charge in [0, 0.05) is 29.4 Å². The SMILES string of the molecule is COc1ccc(Cl)cc1CC(=O)Nc1ccc(C2CCN(C(=O)c3ccc(OC(F)F)cn3)CC2)cc1. The van der Waals surface area contributed by atoms with Crippen LogP contribution in [-0.2, 0) is 11.2 Å². The van der Waals surface area contributed by atoms with E-state index in [0.717, 1.165) is 24.6 Å². The van der Waals surface area contributed by atoms with Gasteiger partial charge in [-0.15, -0.1) is 0 Å². The van der Waals surface area contributed by atoms with E-state index in [9.17, 15) is 18.4 Å². The lowest BCUT2D eigenvalue weighted by Crippen LogP contribution is -2.38. The minimum atomic E-state index is -2.94. The van der Waals surface area contributed by atoms with Gasteiger partial charge in [0.25, 0.3) is 5.91 Å². The van der Waals surface area contributed by atoms with Crippen LogP contribution < -0.4 is 14.8 Å². The Morgan fingerprint density at radius 2 is 1.84 bits per heavy atom. The smallest absolute Gasteiger partial charge is 0.387 e. The molecule has 0 aliphatic carbocycles. The lowest BCUT2D eigenvalue weighted by Gasteiger charge is -2.32. The quantitative estimate of drug-likeness (QED) is 0.414. The van der Waals surface area contributed by atoms with Crippen molar-refractivity contribution in [3.8, 4) is 11.5 Å². The molecular formula is C27H26ClF2N3O4. The number of halogens is 3. The zero-order valence-electron chi connectivity index (χ0n) is 20.1. The molecule has 0 saturated carbocycles. The third-order valence-corrected chi connectivity index (χ3v) is 6.46. The van der Waals surface area contributed by atoms with Gasteiger partial charge in [0.2, 0.25) is 5.91 Å². The van der Waals surface area contributed by atoms with Gasteiger partial charge in [-0.3, -0.25) is 9.59 Å². The van der Waals surface area contributed by atoms with Gasteiger partial charge in [-0.1, -0.05) is 23.7 Å². The monoisotopic (exact) mass is 529 g/mol. The molecule has 10 heteroatoms. The first kappa shape index (κ1) is 26.3. The number of nitrogens with one attached hydrogen (secondary N) is 1. The summed E-state index contributed by atoms with van der Waals surface area (Å²) in [5, 5.41) is 3.43. The summed E-state index contributed by atoms with van der Waals surface area (Å²) in [6, 6.07) is 15.6. The van der Waals surface area contributed by atoms with Crippen LogP contribution >= 0.6 is 11.6 Å². The number of ether oxygens (including phenoxy) is 2. The molecular weight excluding hydrogens is 504 g/mol. The largest absolute Gasteiger partial charge is 0.496 e. The Hall–Kier alpha value is -3.72. The number of pyridine rings is 1. The molecule has 0 spiro atoms. The number of hydrogen-bond donors (Lipinski definition) is 1. The van der Waals surface area contributed by atoms with Crippen molar-refractivity contribution in [2.24, 2.45) is 0 Å². The second kappa shape index (κ2) is 12.0. The Bertz CT molecular complexity index is 1230. The summed E-state index contributed by atoms with van der Waals surface area (Å²) in [6.07, 6.45) is 2.81. The highest BCUT2D eigenvalue weighted by atomic mass is 35.5. The molecule has 1 aliphatic heterocycles. The van der Waals surface area contributed by atoms with E-state index in [2.05, 4.69) is 15.0 Å². The van der Waals surface area contributed by atoms with E-state index in [1.807, 2.05) is 24.3 Å². The predicted molar refractivity (Wildman–Crippen MR) is 136 cm³/mol. The summed E-state index contributed by atoms with van der Waals surface area (Å²) in [7, 11) is 1.55. The van der Waals surface area contributed by atoms with Gasteiger partial charge in [0.1, 0.15) is 17.2 Å². The lowest BCUT2D eigenvalue weighted by atomic mass is 9.89. The maximum absolute atomic E-state index is 12.7. The first-order chi connectivity index (χ1) is 17.8. The molecule has 0 radical (unpaired) electrons. The molecule has 4 rings (SSSR count). The Kier molecular flexibility index (Phi) is 8.55. The Labute approximate surface area is 218 Å². The summed E-state index contributed by atoms with van der Waals surface area (Å²) in [6.45, 7) is -1.83. The van der Waals surface area contributed by atoms with Gasteiger partial charge in [0.05, 0.1) is 19.7 Å². The number of anilines is 1. The van der Waals surface area contributed by atoms with Crippen LogP contribution in [-0.4, -0.2) is 48.5 Å². The fourth-order valence-corrected chi connectivity index (χ4v) is 4.55. The van der Waals surface area contributed by atoms with Gasteiger partial charge >= 0.3 is 6.61 Å².